The minimum Gasteiger partial charge on any atom is -0.356 e. The highest BCUT2D eigenvalue weighted by Gasteiger charge is 2.46. The van der Waals surface area contributed by atoms with E-state index in [0.717, 1.165) is 46.5 Å². The van der Waals surface area contributed by atoms with Crippen molar-refractivity contribution >= 4 is 34.8 Å². The first-order chi connectivity index (χ1) is 16.7. The molecule has 0 saturated carbocycles. The van der Waals surface area contributed by atoms with Crippen LogP contribution in [0, 0.1) is 5.41 Å². The Morgan fingerprint density at radius 2 is 1.97 bits per heavy atom. The summed E-state index contributed by atoms with van der Waals surface area (Å²) in [5.41, 5.74) is 4.25. The van der Waals surface area contributed by atoms with Gasteiger partial charge in [0.25, 0.3) is 5.91 Å². The Labute approximate surface area is 215 Å². The minimum atomic E-state index is -0.426. The molecule has 7 heteroatoms. The van der Waals surface area contributed by atoms with Crippen LogP contribution in [0.2, 0.25) is 5.02 Å². The molecular formula is C28H30ClN3O2S. The predicted octanol–water partition coefficient (Wildman–Crippen LogP) is 6.17. The molecule has 5 rings (SSSR count). The summed E-state index contributed by atoms with van der Waals surface area (Å²) in [7, 11) is 0. The van der Waals surface area contributed by atoms with Crippen LogP contribution < -0.4 is 5.32 Å². The zero-order valence-corrected chi connectivity index (χ0v) is 21.9. The van der Waals surface area contributed by atoms with Gasteiger partial charge < -0.3 is 10.2 Å². The van der Waals surface area contributed by atoms with E-state index in [2.05, 4.69) is 48.6 Å². The molecule has 2 aromatic heterocycles. The third-order valence-electron chi connectivity index (χ3n) is 7.17. The fraction of sp³-hybridized carbons (Fsp3) is 0.393. The number of nitrogens with one attached hydrogen (secondary N) is 1. The second-order valence-corrected chi connectivity index (χ2v) is 12.0. The quantitative estimate of drug-likeness (QED) is 0.461. The average molecular weight is 508 g/mol. The normalized spacial score (nSPS) is 20.3. The number of piperidine rings is 1. The van der Waals surface area contributed by atoms with Crippen molar-refractivity contribution < 1.29 is 9.59 Å². The first-order valence-electron chi connectivity index (χ1n) is 12.1. The molecule has 1 atom stereocenters. The summed E-state index contributed by atoms with van der Waals surface area (Å²) in [6.07, 6.45) is 4.35. The second-order valence-electron chi connectivity index (χ2n) is 10.7. The lowest BCUT2D eigenvalue weighted by Crippen LogP contribution is -2.49. The molecule has 0 aliphatic carbocycles. The number of rotatable bonds is 3. The van der Waals surface area contributed by atoms with Crippen LogP contribution in [0.4, 0.5) is 0 Å². The number of pyridine rings is 1. The summed E-state index contributed by atoms with van der Waals surface area (Å²) in [5.74, 6) is 0.0233. The molecule has 1 spiro atoms. The van der Waals surface area contributed by atoms with Gasteiger partial charge in [-0.05, 0) is 66.1 Å². The van der Waals surface area contributed by atoms with Gasteiger partial charge in [0, 0.05) is 58.0 Å². The van der Waals surface area contributed by atoms with E-state index in [-0.39, 0.29) is 17.2 Å². The number of hydrogen-bond donors (Lipinski definition) is 1. The van der Waals surface area contributed by atoms with Gasteiger partial charge in [-0.3, -0.25) is 14.6 Å². The molecule has 3 aromatic rings. The van der Waals surface area contributed by atoms with Crippen LogP contribution in [-0.4, -0.2) is 41.3 Å². The lowest BCUT2D eigenvalue weighted by molar-refractivity contribution is -0.129. The molecule has 35 heavy (non-hydrogen) atoms. The van der Waals surface area contributed by atoms with Crippen LogP contribution in [-0.2, 0) is 10.2 Å². The summed E-state index contributed by atoms with van der Waals surface area (Å²) >= 11 is 8.36. The lowest BCUT2D eigenvalue weighted by atomic mass is 9.78. The zero-order valence-electron chi connectivity index (χ0n) is 20.4. The molecule has 5 nitrogen and oxygen atoms in total. The lowest BCUT2D eigenvalue weighted by Gasteiger charge is -2.38. The van der Waals surface area contributed by atoms with Gasteiger partial charge in [0.05, 0.1) is 5.41 Å². The summed E-state index contributed by atoms with van der Waals surface area (Å²) in [6, 6.07) is 11.9. The highest BCUT2D eigenvalue weighted by atomic mass is 35.5. The van der Waals surface area contributed by atoms with Gasteiger partial charge in [0.15, 0.2) is 0 Å². The first kappa shape index (κ1) is 24.0. The predicted molar refractivity (Wildman–Crippen MR) is 142 cm³/mol. The standard InChI is InChI=1S/C28H30ClN3O2S/c1-27(2,3)24-15-18(7-10-30-24)23-14-20(16-35-23)21-6-5-19(13-22(21)29)25(33)32-12-4-8-28(17-32)9-11-31-26(28)34/h5-7,10,13-16H,4,8-9,11-12,17H2,1-3H3,(H,31,34). The van der Waals surface area contributed by atoms with E-state index in [1.54, 1.807) is 17.4 Å². The van der Waals surface area contributed by atoms with Gasteiger partial charge in [0.1, 0.15) is 0 Å². The van der Waals surface area contributed by atoms with Crippen molar-refractivity contribution in [2.45, 2.75) is 45.4 Å². The monoisotopic (exact) mass is 507 g/mol. The summed E-state index contributed by atoms with van der Waals surface area (Å²) in [5, 5.41) is 5.59. The van der Waals surface area contributed by atoms with Crippen LogP contribution in [0.5, 0.6) is 0 Å². The minimum absolute atomic E-state index is 0.0165. The Kier molecular flexibility index (Phi) is 6.22. The Morgan fingerprint density at radius 1 is 1.14 bits per heavy atom. The molecule has 182 valence electrons. The molecule has 1 aromatic carbocycles. The molecule has 1 N–H and O–H groups in total. The van der Waals surface area contributed by atoms with Gasteiger partial charge >= 0.3 is 0 Å². The van der Waals surface area contributed by atoms with Crippen LogP contribution in [0.3, 0.4) is 0 Å². The van der Waals surface area contributed by atoms with Gasteiger partial charge in [-0.1, -0.05) is 38.4 Å². The van der Waals surface area contributed by atoms with E-state index in [1.807, 2.05) is 29.3 Å². The molecule has 2 fully saturated rings. The van der Waals surface area contributed by atoms with E-state index >= 15 is 0 Å². The molecule has 0 bridgehead atoms. The SMILES string of the molecule is CC(C)(C)c1cc(-c2cc(-c3ccc(C(=O)N4CCCC5(CCNC5=O)C4)cc3Cl)cs2)ccn1. The van der Waals surface area contributed by atoms with Crippen molar-refractivity contribution in [1.82, 2.24) is 15.2 Å². The molecule has 2 aliphatic heterocycles. The average Bonchev–Trinajstić information content (AvgIpc) is 3.46. The van der Waals surface area contributed by atoms with E-state index < -0.39 is 5.41 Å². The van der Waals surface area contributed by atoms with Crippen molar-refractivity contribution in [3.8, 4) is 21.6 Å². The van der Waals surface area contributed by atoms with Gasteiger partial charge in [-0.2, -0.15) is 0 Å². The Balaban J connectivity index is 1.36. The van der Waals surface area contributed by atoms with E-state index in [0.29, 0.717) is 30.2 Å². The summed E-state index contributed by atoms with van der Waals surface area (Å²) in [6.45, 7) is 8.33. The topological polar surface area (TPSA) is 62.3 Å². The maximum atomic E-state index is 13.3. The van der Waals surface area contributed by atoms with Gasteiger partial charge in [-0.15, -0.1) is 11.3 Å². The fourth-order valence-electron chi connectivity index (χ4n) is 5.10. The zero-order chi connectivity index (χ0) is 24.8. The van der Waals surface area contributed by atoms with E-state index in [4.69, 9.17) is 11.6 Å². The Bertz CT molecular complexity index is 1300. The highest BCUT2D eigenvalue weighted by molar-refractivity contribution is 7.14. The van der Waals surface area contributed by atoms with Crippen molar-refractivity contribution in [2.24, 2.45) is 5.41 Å². The smallest absolute Gasteiger partial charge is 0.253 e. The van der Waals surface area contributed by atoms with Crippen molar-refractivity contribution in [1.29, 1.82) is 0 Å². The molecule has 4 heterocycles. The third kappa shape index (κ3) is 4.62. The molecule has 2 amide bonds. The van der Waals surface area contributed by atoms with Crippen molar-refractivity contribution in [3.05, 3.63) is 64.3 Å². The number of amides is 2. The molecule has 2 saturated heterocycles. The van der Waals surface area contributed by atoms with Crippen LogP contribution >= 0.6 is 22.9 Å². The number of likely N-dealkylation sites (tertiary alicyclic amines) is 1. The maximum Gasteiger partial charge on any atom is 0.253 e. The Hall–Kier alpha value is -2.70. The largest absolute Gasteiger partial charge is 0.356 e. The second kappa shape index (κ2) is 9.07. The van der Waals surface area contributed by atoms with Crippen molar-refractivity contribution in [3.63, 3.8) is 0 Å². The molecule has 0 radical (unpaired) electrons. The van der Waals surface area contributed by atoms with Crippen LogP contribution in [0.1, 0.15) is 56.1 Å². The van der Waals surface area contributed by atoms with Crippen molar-refractivity contribution in [2.75, 3.05) is 19.6 Å². The van der Waals surface area contributed by atoms with E-state index in [9.17, 15) is 9.59 Å². The number of aromatic nitrogens is 1. The maximum absolute atomic E-state index is 13.3. The van der Waals surface area contributed by atoms with Crippen LogP contribution in [0.15, 0.2) is 48.0 Å². The summed E-state index contributed by atoms with van der Waals surface area (Å²) in [4.78, 5) is 33.2. The van der Waals surface area contributed by atoms with Gasteiger partial charge in [-0.25, -0.2) is 0 Å². The molecular weight excluding hydrogens is 478 g/mol. The summed E-state index contributed by atoms with van der Waals surface area (Å²) < 4.78 is 0. The van der Waals surface area contributed by atoms with E-state index in [1.165, 1.54) is 0 Å². The third-order valence-corrected chi connectivity index (χ3v) is 8.47. The number of carbonyl (C=O) groups is 2. The Morgan fingerprint density at radius 3 is 2.69 bits per heavy atom. The van der Waals surface area contributed by atoms with Gasteiger partial charge in [0.2, 0.25) is 5.91 Å². The molecule has 1 unspecified atom stereocenters. The number of benzene rings is 1. The fourth-order valence-corrected chi connectivity index (χ4v) is 6.30. The molecule has 2 aliphatic rings. The number of nitrogens with zero attached hydrogens (tertiary/aromatic N) is 2. The number of carbonyl (C=O) groups excluding carboxylic acids is 2. The first-order valence-corrected chi connectivity index (χ1v) is 13.4. The van der Waals surface area contributed by atoms with Crippen LogP contribution in [0.25, 0.3) is 21.6 Å². The highest BCUT2D eigenvalue weighted by Crippen LogP contribution is 2.39. The number of hydrogen-bond acceptors (Lipinski definition) is 4. The number of thiophene rings is 1. The number of halogens is 1.